The Morgan fingerprint density at radius 1 is 1.35 bits per heavy atom. The number of benzene rings is 1. The first kappa shape index (κ1) is 18.6. The average Bonchev–Trinajstić information content (AvgIpc) is 2.81. The van der Waals surface area contributed by atoms with Gasteiger partial charge in [0, 0.05) is 24.1 Å². The van der Waals surface area contributed by atoms with Crippen molar-refractivity contribution in [1.29, 1.82) is 0 Å². The van der Waals surface area contributed by atoms with Gasteiger partial charge in [-0.25, -0.2) is 9.37 Å². The highest BCUT2D eigenvalue weighted by Gasteiger charge is 2.20. The molecule has 1 aromatic heterocycles. The lowest BCUT2D eigenvalue weighted by Crippen LogP contribution is -2.18. The highest BCUT2D eigenvalue weighted by atomic mass is 35.5. The van der Waals surface area contributed by atoms with Crippen LogP contribution in [-0.4, -0.2) is 29.9 Å². The maximum Gasteiger partial charge on any atom is 0.275 e. The van der Waals surface area contributed by atoms with Crippen LogP contribution in [0, 0.1) is 5.82 Å². The van der Waals surface area contributed by atoms with E-state index in [1.54, 1.807) is 0 Å². The molecule has 1 atom stereocenters. The van der Waals surface area contributed by atoms with Gasteiger partial charge >= 0.3 is 0 Å². The molecule has 1 aromatic carbocycles. The van der Waals surface area contributed by atoms with Gasteiger partial charge in [-0.2, -0.15) is 0 Å². The third-order valence-corrected chi connectivity index (χ3v) is 4.24. The summed E-state index contributed by atoms with van der Waals surface area (Å²) < 4.78 is 19.6. The monoisotopic (exact) mass is 396 g/mol. The SMILES string of the molecule is NC1=NC(c2cc(NC(=O)c3ncc(Cl)cc3Cl)ccc2F)CCOC1. The first-order valence-corrected chi connectivity index (χ1v) is 8.51. The van der Waals surface area contributed by atoms with Crippen molar-refractivity contribution < 1.29 is 13.9 Å². The van der Waals surface area contributed by atoms with E-state index in [0.717, 1.165) is 0 Å². The second-order valence-electron chi connectivity index (χ2n) is 5.65. The number of nitrogens with zero attached hydrogens (tertiary/aromatic N) is 2. The number of aromatic nitrogens is 1. The maximum atomic E-state index is 14.3. The lowest BCUT2D eigenvalue weighted by Gasteiger charge is -2.14. The summed E-state index contributed by atoms with van der Waals surface area (Å²) in [6.45, 7) is 0.629. The standard InChI is InChI=1S/C17H15Cl2FN4O2/c18-9-5-12(19)16(22-7-9)17(25)23-10-1-2-13(20)11(6-10)14-3-4-26-8-15(21)24-14/h1-2,5-7,14H,3-4,8H2,(H2,21,24)(H,23,25). The van der Waals surface area contributed by atoms with Gasteiger partial charge in [0.25, 0.3) is 5.91 Å². The number of nitrogens with two attached hydrogens (primary N) is 1. The Labute approximate surface area is 159 Å². The van der Waals surface area contributed by atoms with Gasteiger partial charge in [0.15, 0.2) is 0 Å². The molecule has 9 heteroatoms. The molecule has 0 bridgehead atoms. The van der Waals surface area contributed by atoms with Gasteiger partial charge in [-0.15, -0.1) is 0 Å². The van der Waals surface area contributed by atoms with Gasteiger partial charge in [-0.1, -0.05) is 23.2 Å². The van der Waals surface area contributed by atoms with E-state index < -0.39 is 17.8 Å². The Morgan fingerprint density at radius 3 is 2.92 bits per heavy atom. The van der Waals surface area contributed by atoms with Crippen LogP contribution in [0.4, 0.5) is 10.1 Å². The van der Waals surface area contributed by atoms with E-state index in [1.165, 1.54) is 30.5 Å². The lowest BCUT2D eigenvalue weighted by molar-refractivity contribution is 0.102. The number of pyridine rings is 1. The second-order valence-corrected chi connectivity index (χ2v) is 6.50. The number of amidine groups is 1. The van der Waals surface area contributed by atoms with Gasteiger partial charge in [0.05, 0.1) is 16.1 Å². The minimum atomic E-state index is -0.531. The van der Waals surface area contributed by atoms with Crippen LogP contribution in [0.25, 0.3) is 0 Å². The summed E-state index contributed by atoms with van der Waals surface area (Å²) in [5.74, 6) is -0.663. The summed E-state index contributed by atoms with van der Waals surface area (Å²) in [6, 6.07) is 5.17. The van der Waals surface area contributed by atoms with Crippen molar-refractivity contribution in [2.45, 2.75) is 12.5 Å². The Bertz CT molecular complexity index is 876. The zero-order chi connectivity index (χ0) is 18.7. The van der Waals surface area contributed by atoms with Gasteiger partial charge < -0.3 is 15.8 Å². The summed E-state index contributed by atoms with van der Waals surface area (Å²) >= 11 is 11.8. The third kappa shape index (κ3) is 4.30. The van der Waals surface area contributed by atoms with Crippen molar-refractivity contribution in [3.63, 3.8) is 0 Å². The summed E-state index contributed by atoms with van der Waals surface area (Å²) in [4.78, 5) is 20.6. The summed E-state index contributed by atoms with van der Waals surface area (Å²) in [7, 11) is 0. The predicted octanol–water partition coefficient (Wildman–Crippen LogP) is 3.60. The maximum absolute atomic E-state index is 14.3. The molecule has 2 aromatic rings. The van der Waals surface area contributed by atoms with E-state index in [0.29, 0.717) is 35.1 Å². The predicted molar refractivity (Wildman–Crippen MR) is 98.4 cm³/mol. The molecule has 0 saturated carbocycles. The van der Waals surface area contributed by atoms with Gasteiger partial charge in [0.1, 0.15) is 24.0 Å². The Balaban J connectivity index is 1.85. The number of rotatable bonds is 3. The molecule has 0 fully saturated rings. The second kappa shape index (κ2) is 7.99. The van der Waals surface area contributed by atoms with E-state index >= 15 is 0 Å². The summed E-state index contributed by atoms with van der Waals surface area (Å²) in [5.41, 5.74) is 6.47. The van der Waals surface area contributed by atoms with Crippen LogP contribution in [0.5, 0.6) is 0 Å². The lowest BCUT2D eigenvalue weighted by atomic mass is 10.0. The fourth-order valence-corrected chi connectivity index (χ4v) is 3.01. The zero-order valence-electron chi connectivity index (χ0n) is 13.5. The molecule has 0 saturated heterocycles. The molecule has 136 valence electrons. The van der Waals surface area contributed by atoms with E-state index in [9.17, 15) is 9.18 Å². The molecule has 1 amide bonds. The third-order valence-electron chi connectivity index (χ3n) is 3.74. The fourth-order valence-electron chi connectivity index (χ4n) is 2.55. The van der Waals surface area contributed by atoms with Crippen molar-refractivity contribution in [2.75, 3.05) is 18.5 Å². The van der Waals surface area contributed by atoms with Crippen molar-refractivity contribution in [3.8, 4) is 0 Å². The minimum Gasteiger partial charge on any atom is -0.386 e. The number of anilines is 1. The Kier molecular flexibility index (Phi) is 5.70. The van der Waals surface area contributed by atoms with E-state index in [2.05, 4.69) is 15.3 Å². The number of hydrogen-bond donors (Lipinski definition) is 2. The molecule has 1 unspecified atom stereocenters. The van der Waals surface area contributed by atoms with Crippen LogP contribution in [0.2, 0.25) is 10.0 Å². The molecule has 0 radical (unpaired) electrons. The number of hydrogen-bond acceptors (Lipinski definition) is 5. The van der Waals surface area contributed by atoms with Crippen LogP contribution < -0.4 is 11.1 Å². The van der Waals surface area contributed by atoms with Crippen LogP contribution in [0.3, 0.4) is 0 Å². The number of ether oxygens (including phenoxy) is 1. The van der Waals surface area contributed by atoms with Crippen molar-refractivity contribution >= 4 is 40.6 Å². The topological polar surface area (TPSA) is 89.6 Å². The molecule has 3 N–H and O–H groups in total. The fraction of sp³-hybridized carbons (Fsp3) is 0.235. The van der Waals surface area contributed by atoms with Crippen LogP contribution in [-0.2, 0) is 4.74 Å². The van der Waals surface area contributed by atoms with E-state index in [4.69, 9.17) is 33.7 Å². The van der Waals surface area contributed by atoms with Gasteiger partial charge in [-0.05, 0) is 30.7 Å². The highest BCUT2D eigenvalue weighted by Crippen LogP contribution is 2.28. The van der Waals surface area contributed by atoms with Gasteiger partial charge in [0.2, 0.25) is 0 Å². The van der Waals surface area contributed by atoms with E-state index in [1.807, 2.05) is 0 Å². The molecular weight excluding hydrogens is 382 g/mol. The molecule has 2 heterocycles. The summed E-state index contributed by atoms with van der Waals surface area (Å²) in [5, 5.41) is 3.09. The van der Waals surface area contributed by atoms with Gasteiger partial charge in [-0.3, -0.25) is 9.79 Å². The normalized spacial score (nSPS) is 17.3. The van der Waals surface area contributed by atoms with Crippen LogP contribution in [0.1, 0.15) is 28.5 Å². The number of aliphatic imine (C=N–C) groups is 1. The van der Waals surface area contributed by atoms with Crippen molar-refractivity contribution in [1.82, 2.24) is 4.98 Å². The largest absolute Gasteiger partial charge is 0.386 e. The first-order chi connectivity index (χ1) is 12.4. The first-order valence-electron chi connectivity index (χ1n) is 7.76. The molecule has 0 aliphatic carbocycles. The average molecular weight is 397 g/mol. The van der Waals surface area contributed by atoms with Crippen molar-refractivity contribution in [2.24, 2.45) is 10.7 Å². The molecule has 1 aliphatic rings. The molecular formula is C17H15Cl2FN4O2. The molecule has 1 aliphatic heterocycles. The molecule has 0 spiro atoms. The van der Waals surface area contributed by atoms with Crippen molar-refractivity contribution in [3.05, 3.63) is 57.6 Å². The Hall–Kier alpha value is -2.22. The number of carbonyl (C=O) groups is 1. The van der Waals surface area contributed by atoms with Crippen LogP contribution in [0.15, 0.2) is 35.5 Å². The summed E-state index contributed by atoms with van der Waals surface area (Å²) in [6.07, 6.45) is 1.81. The molecule has 6 nitrogen and oxygen atoms in total. The number of carbonyl (C=O) groups excluding carboxylic acids is 1. The number of amides is 1. The number of nitrogens with one attached hydrogen (secondary N) is 1. The quantitative estimate of drug-likeness (QED) is 0.828. The molecule has 26 heavy (non-hydrogen) atoms. The van der Waals surface area contributed by atoms with Crippen LogP contribution >= 0.6 is 23.2 Å². The Morgan fingerprint density at radius 2 is 2.15 bits per heavy atom. The smallest absolute Gasteiger partial charge is 0.275 e. The minimum absolute atomic E-state index is 0.0204. The molecule has 3 rings (SSSR count). The van der Waals surface area contributed by atoms with E-state index in [-0.39, 0.29) is 17.3 Å². The zero-order valence-corrected chi connectivity index (χ0v) is 15.0. The highest BCUT2D eigenvalue weighted by molar-refractivity contribution is 6.36. The number of halogens is 3.